The van der Waals surface area contributed by atoms with E-state index in [0.29, 0.717) is 0 Å². The number of nitrogens with one attached hydrogen (secondary N) is 1. The Balaban J connectivity index is 1.80. The molecular formula is C19H25NO2. The molecule has 1 N–H and O–H groups in total. The second-order valence-electron chi connectivity index (χ2n) is 5.29. The van der Waals surface area contributed by atoms with Gasteiger partial charge in [-0.1, -0.05) is 37.3 Å². The molecule has 3 nitrogen and oxygen atoms in total. The molecule has 0 heterocycles. The number of hydrogen-bond acceptors (Lipinski definition) is 3. The zero-order valence-electron chi connectivity index (χ0n) is 13.7. The Morgan fingerprint density at radius 2 is 1.45 bits per heavy atom. The minimum absolute atomic E-state index is 0.773. The number of aryl methyl sites for hydroxylation is 1. The van der Waals surface area contributed by atoms with Gasteiger partial charge in [-0.3, -0.25) is 0 Å². The third kappa shape index (κ3) is 4.50. The second kappa shape index (κ2) is 8.44. The molecule has 0 saturated carbocycles. The van der Waals surface area contributed by atoms with Crippen LogP contribution in [0.25, 0.3) is 0 Å². The van der Waals surface area contributed by atoms with Gasteiger partial charge in [0.15, 0.2) is 11.5 Å². The lowest BCUT2D eigenvalue weighted by molar-refractivity contribution is 0.354. The molecule has 0 spiro atoms. The highest BCUT2D eigenvalue weighted by Gasteiger charge is 2.04. The van der Waals surface area contributed by atoms with Gasteiger partial charge in [0, 0.05) is 6.54 Å². The molecule has 0 aromatic heterocycles. The third-order valence-corrected chi connectivity index (χ3v) is 3.80. The molecule has 0 unspecified atom stereocenters. The minimum Gasteiger partial charge on any atom is -0.493 e. The van der Waals surface area contributed by atoms with E-state index < -0.39 is 0 Å². The van der Waals surface area contributed by atoms with Crippen molar-refractivity contribution >= 4 is 0 Å². The molecule has 0 amide bonds. The van der Waals surface area contributed by atoms with Crippen molar-refractivity contribution in [1.82, 2.24) is 5.32 Å². The van der Waals surface area contributed by atoms with Gasteiger partial charge in [0.05, 0.1) is 14.2 Å². The SMILES string of the molecule is CCc1ccc(CNCCc2ccc(OC)c(OC)c2)cc1. The topological polar surface area (TPSA) is 30.5 Å². The number of methoxy groups -OCH3 is 2. The first-order valence-electron chi connectivity index (χ1n) is 7.76. The minimum atomic E-state index is 0.773. The van der Waals surface area contributed by atoms with Crippen molar-refractivity contribution in [2.45, 2.75) is 26.3 Å². The van der Waals surface area contributed by atoms with Crippen LogP contribution in [0.5, 0.6) is 11.5 Å². The fourth-order valence-electron chi connectivity index (χ4n) is 2.39. The van der Waals surface area contributed by atoms with Gasteiger partial charge in [0.1, 0.15) is 0 Å². The second-order valence-corrected chi connectivity index (χ2v) is 5.29. The third-order valence-electron chi connectivity index (χ3n) is 3.80. The van der Waals surface area contributed by atoms with Gasteiger partial charge in [-0.05, 0) is 48.2 Å². The summed E-state index contributed by atoms with van der Waals surface area (Å²) < 4.78 is 10.6. The molecule has 0 radical (unpaired) electrons. The van der Waals surface area contributed by atoms with Crippen molar-refractivity contribution in [3.8, 4) is 11.5 Å². The molecule has 0 aliphatic carbocycles. The summed E-state index contributed by atoms with van der Waals surface area (Å²) in [4.78, 5) is 0. The number of ether oxygens (including phenoxy) is 2. The van der Waals surface area contributed by atoms with E-state index >= 15 is 0 Å². The van der Waals surface area contributed by atoms with E-state index in [9.17, 15) is 0 Å². The average Bonchev–Trinajstić information content (AvgIpc) is 2.59. The predicted molar refractivity (Wildman–Crippen MR) is 90.8 cm³/mol. The molecule has 0 fully saturated rings. The van der Waals surface area contributed by atoms with Crippen LogP contribution in [0.1, 0.15) is 23.6 Å². The van der Waals surface area contributed by atoms with Crippen LogP contribution in [-0.2, 0) is 19.4 Å². The Labute approximate surface area is 133 Å². The molecular weight excluding hydrogens is 274 g/mol. The van der Waals surface area contributed by atoms with Gasteiger partial charge in [0.2, 0.25) is 0 Å². The predicted octanol–water partition coefficient (Wildman–Crippen LogP) is 3.60. The largest absolute Gasteiger partial charge is 0.493 e. The monoisotopic (exact) mass is 299 g/mol. The van der Waals surface area contributed by atoms with Crippen molar-refractivity contribution in [2.24, 2.45) is 0 Å². The Hall–Kier alpha value is -2.00. The van der Waals surface area contributed by atoms with E-state index in [4.69, 9.17) is 9.47 Å². The van der Waals surface area contributed by atoms with Gasteiger partial charge in [-0.2, -0.15) is 0 Å². The summed E-state index contributed by atoms with van der Waals surface area (Å²) in [5, 5.41) is 3.48. The average molecular weight is 299 g/mol. The van der Waals surface area contributed by atoms with Crippen LogP contribution >= 0.6 is 0 Å². The molecule has 2 aromatic rings. The first-order chi connectivity index (χ1) is 10.8. The van der Waals surface area contributed by atoms with E-state index in [0.717, 1.165) is 37.4 Å². The Kier molecular flexibility index (Phi) is 6.28. The lowest BCUT2D eigenvalue weighted by atomic mass is 10.1. The van der Waals surface area contributed by atoms with E-state index in [1.807, 2.05) is 12.1 Å². The summed E-state index contributed by atoms with van der Waals surface area (Å²) in [6, 6.07) is 14.9. The van der Waals surface area contributed by atoms with Gasteiger partial charge >= 0.3 is 0 Å². The van der Waals surface area contributed by atoms with Crippen LogP contribution < -0.4 is 14.8 Å². The molecule has 0 aliphatic heterocycles. The Bertz CT molecular complexity index is 578. The maximum absolute atomic E-state index is 5.33. The molecule has 2 rings (SSSR count). The maximum atomic E-state index is 5.33. The molecule has 22 heavy (non-hydrogen) atoms. The standard InChI is InChI=1S/C19H25NO2/c1-4-15-5-7-17(8-6-15)14-20-12-11-16-9-10-18(21-2)19(13-16)22-3/h5-10,13,20H,4,11-12,14H2,1-3H3. The van der Waals surface area contributed by atoms with Crippen LogP contribution in [0, 0.1) is 0 Å². The fourth-order valence-corrected chi connectivity index (χ4v) is 2.39. The van der Waals surface area contributed by atoms with Crippen LogP contribution in [0.4, 0.5) is 0 Å². The summed E-state index contributed by atoms with van der Waals surface area (Å²) in [5.41, 5.74) is 3.95. The van der Waals surface area contributed by atoms with E-state index in [1.54, 1.807) is 14.2 Å². The molecule has 2 aromatic carbocycles. The summed E-state index contributed by atoms with van der Waals surface area (Å²) in [6.07, 6.45) is 2.06. The molecule has 0 saturated heterocycles. The highest BCUT2D eigenvalue weighted by Crippen LogP contribution is 2.27. The van der Waals surface area contributed by atoms with Crippen molar-refractivity contribution < 1.29 is 9.47 Å². The molecule has 0 atom stereocenters. The quantitative estimate of drug-likeness (QED) is 0.756. The van der Waals surface area contributed by atoms with E-state index in [-0.39, 0.29) is 0 Å². The zero-order valence-corrected chi connectivity index (χ0v) is 13.7. The molecule has 0 aliphatic rings. The Morgan fingerprint density at radius 3 is 2.09 bits per heavy atom. The highest BCUT2D eigenvalue weighted by molar-refractivity contribution is 5.42. The highest BCUT2D eigenvalue weighted by atomic mass is 16.5. The van der Waals surface area contributed by atoms with Crippen molar-refractivity contribution in [3.63, 3.8) is 0 Å². The number of hydrogen-bond donors (Lipinski definition) is 1. The molecule has 3 heteroatoms. The molecule has 118 valence electrons. The lowest BCUT2D eigenvalue weighted by Crippen LogP contribution is -2.16. The first-order valence-corrected chi connectivity index (χ1v) is 7.76. The van der Waals surface area contributed by atoms with E-state index in [1.165, 1.54) is 16.7 Å². The first kappa shape index (κ1) is 16.4. The van der Waals surface area contributed by atoms with E-state index in [2.05, 4.69) is 42.6 Å². The normalized spacial score (nSPS) is 10.5. The summed E-state index contributed by atoms with van der Waals surface area (Å²) in [7, 11) is 3.32. The summed E-state index contributed by atoms with van der Waals surface area (Å²) in [5.74, 6) is 1.56. The fraction of sp³-hybridized carbons (Fsp3) is 0.368. The van der Waals surface area contributed by atoms with Crippen molar-refractivity contribution in [3.05, 3.63) is 59.2 Å². The number of rotatable bonds is 8. The summed E-state index contributed by atoms with van der Waals surface area (Å²) >= 11 is 0. The van der Waals surface area contributed by atoms with Crippen LogP contribution in [0.15, 0.2) is 42.5 Å². The van der Waals surface area contributed by atoms with Gasteiger partial charge in [-0.15, -0.1) is 0 Å². The van der Waals surface area contributed by atoms with Crippen LogP contribution in [0.3, 0.4) is 0 Å². The van der Waals surface area contributed by atoms with Gasteiger partial charge in [-0.25, -0.2) is 0 Å². The Morgan fingerprint density at radius 1 is 0.818 bits per heavy atom. The van der Waals surface area contributed by atoms with Crippen molar-refractivity contribution in [2.75, 3.05) is 20.8 Å². The zero-order chi connectivity index (χ0) is 15.8. The summed E-state index contributed by atoms with van der Waals surface area (Å²) in [6.45, 7) is 4.01. The maximum Gasteiger partial charge on any atom is 0.160 e. The number of benzene rings is 2. The van der Waals surface area contributed by atoms with Gasteiger partial charge in [0.25, 0.3) is 0 Å². The van der Waals surface area contributed by atoms with Crippen LogP contribution in [0.2, 0.25) is 0 Å². The molecule has 0 bridgehead atoms. The van der Waals surface area contributed by atoms with Gasteiger partial charge < -0.3 is 14.8 Å². The van der Waals surface area contributed by atoms with Crippen LogP contribution in [-0.4, -0.2) is 20.8 Å². The smallest absolute Gasteiger partial charge is 0.160 e. The van der Waals surface area contributed by atoms with Crippen molar-refractivity contribution in [1.29, 1.82) is 0 Å². The lowest BCUT2D eigenvalue weighted by Gasteiger charge is -2.10.